The van der Waals surface area contributed by atoms with E-state index in [2.05, 4.69) is 159 Å². The number of furan rings is 1. The Kier molecular flexibility index (Phi) is 12.3. The van der Waals surface area contributed by atoms with E-state index in [4.69, 9.17) is 14.4 Å². The first-order valence-electron chi connectivity index (χ1n) is 20.2. The molecule has 0 aliphatic heterocycles. The van der Waals surface area contributed by atoms with Crippen molar-refractivity contribution in [2.45, 2.75) is 63.7 Å². The first kappa shape index (κ1) is 42.0. The summed E-state index contributed by atoms with van der Waals surface area (Å²) in [6, 6.07) is 50.6. The molecule has 0 saturated heterocycles. The van der Waals surface area contributed by atoms with Crippen LogP contribution < -0.4 is 4.40 Å². The number of nitrogens with zero attached hydrogens (tertiary/aromatic N) is 4. The Bertz CT molecular complexity index is 2870. The van der Waals surface area contributed by atoms with E-state index < -0.39 is 13.3 Å². The molecule has 0 aliphatic rings. The number of imidazole rings is 1. The van der Waals surface area contributed by atoms with Crippen LogP contribution in [0, 0.1) is 18.1 Å². The van der Waals surface area contributed by atoms with Gasteiger partial charge in [0.05, 0.1) is 22.4 Å². The number of aromatic nitrogens is 4. The van der Waals surface area contributed by atoms with E-state index in [-0.39, 0.29) is 25.5 Å². The molecule has 5 aromatic carbocycles. The van der Waals surface area contributed by atoms with Crippen molar-refractivity contribution in [3.05, 3.63) is 163 Å². The summed E-state index contributed by atoms with van der Waals surface area (Å²) in [6.45, 7) is 11.4. The topological polar surface area (TPSA) is 56.7 Å². The molecule has 299 valence electrons. The summed E-state index contributed by atoms with van der Waals surface area (Å²) in [5, 5.41) is 2.00. The zero-order valence-corrected chi connectivity index (χ0v) is 39.6. The fourth-order valence-corrected chi connectivity index (χ4v) is 11.1. The van der Waals surface area contributed by atoms with Gasteiger partial charge >= 0.3 is 126 Å². The van der Waals surface area contributed by atoms with Crippen LogP contribution >= 0.6 is 0 Å². The normalized spacial score (nSPS) is 11.8. The number of rotatable bonds is 7. The number of benzene rings is 5. The van der Waals surface area contributed by atoms with Crippen molar-refractivity contribution in [1.82, 2.24) is 19.5 Å². The predicted octanol–water partition coefficient (Wildman–Crippen LogP) is 13.0. The molecule has 0 saturated carbocycles. The zero-order chi connectivity index (χ0) is 40.6. The van der Waals surface area contributed by atoms with Crippen LogP contribution in [-0.2, 0) is 31.9 Å². The molecule has 0 spiro atoms. The van der Waals surface area contributed by atoms with Crippen LogP contribution in [0.5, 0.6) is 0 Å². The maximum Gasteiger partial charge on any atom is 0 e. The Morgan fingerprint density at radius 1 is 0.746 bits per heavy atom. The fraction of sp³-hybridized carbons (Fsp3) is 0.212. The third-order valence-corrected chi connectivity index (χ3v) is 14.9. The molecule has 0 bridgehead atoms. The molecule has 0 atom stereocenters. The number of para-hydroxylation sites is 2. The van der Waals surface area contributed by atoms with Gasteiger partial charge in [-0.25, -0.2) is 4.98 Å². The Morgan fingerprint density at radius 2 is 1.51 bits per heavy atom. The van der Waals surface area contributed by atoms with Gasteiger partial charge < -0.3 is 8.98 Å². The molecule has 7 heteroatoms. The van der Waals surface area contributed by atoms with Crippen molar-refractivity contribution in [2.24, 2.45) is 5.92 Å². The molecule has 4 aromatic heterocycles. The number of fused-ring (bicyclic) bond motifs is 4. The van der Waals surface area contributed by atoms with Crippen molar-refractivity contribution in [3.63, 3.8) is 0 Å². The molecular weight excluding hydrogens is 961 g/mol. The first-order valence-corrected chi connectivity index (χ1v) is 27.5. The second-order valence-corrected chi connectivity index (χ2v) is 28.1. The number of hydrogen-bond acceptors (Lipinski definition) is 4. The van der Waals surface area contributed by atoms with E-state index in [9.17, 15) is 0 Å². The van der Waals surface area contributed by atoms with Crippen LogP contribution in [0.15, 0.2) is 144 Å². The Morgan fingerprint density at radius 3 is 2.24 bits per heavy atom. The van der Waals surface area contributed by atoms with E-state index in [1.165, 1.54) is 22.3 Å². The second kappa shape index (κ2) is 17.2. The second-order valence-electron chi connectivity index (χ2n) is 17.5. The number of hydrogen-bond donors (Lipinski definition) is 0. The third-order valence-electron chi connectivity index (χ3n) is 10.6. The average molecular weight is 1010 g/mol. The minimum Gasteiger partial charge on any atom is 0 e. The largest absolute Gasteiger partial charge is 0 e. The number of pyridine rings is 2. The Labute approximate surface area is 364 Å². The summed E-state index contributed by atoms with van der Waals surface area (Å²) in [5.74, 6) is 8.79. The van der Waals surface area contributed by atoms with Crippen molar-refractivity contribution < 1.29 is 24.5 Å². The van der Waals surface area contributed by atoms with Gasteiger partial charge in [0.2, 0.25) is 5.71 Å². The maximum absolute atomic E-state index is 6.30. The van der Waals surface area contributed by atoms with Crippen LogP contribution in [0.3, 0.4) is 0 Å². The molecule has 0 fully saturated rings. The SMILES string of the molecule is CC(C)(C)c1cc(-c2ccccc2)ccc1-n1c(-c2[c-]ccc3c2oc2ncccc23)nc2ccccc21.CC(C)Cc1cc(-c2[c-]cccc2)nc[c]1[Ge]([CH3])([CH3])[CH3].[Ir]. The van der Waals surface area contributed by atoms with E-state index in [0.717, 1.165) is 62.1 Å². The van der Waals surface area contributed by atoms with Crippen molar-refractivity contribution in [2.75, 3.05) is 0 Å². The summed E-state index contributed by atoms with van der Waals surface area (Å²) in [4.78, 5) is 14.3. The molecule has 0 N–H and O–H groups in total. The summed E-state index contributed by atoms with van der Waals surface area (Å²) in [6.07, 6.45) is 5.03. The maximum atomic E-state index is 6.30. The molecule has 4 heterocycles. The van der Waals surface area contributed by atoms with E-state index >= 15 is 0 Å². The van der Waals surface area contributed by atoms with E-state index in [0.29, 0.717) is 11.6 Å². The van der Waals surface area contributed by atoms with E-state index in [1.54, 1.807) is 10.6 Å². The Hall–Kier alpha value is -5.14. The van der Waals surface area contributed by atoms with Crippen LogP contribution in [0.4, 0.5) is 0 Å². The van der Waals surface area contributed by atoms with Crippen LogP contribution in [0.1, 0.15) is 45.7 Å². The minimum absolute atomic E-state index is 0. The van der Waals surface area contributed by atoms with Crippen molar-refractivity contribution in [3.8, 4) is 39.5 Å². The average Bonchev–Trinajstić information content (AvgIpc) is 3.80. The van der Waals surface area contributed by atoms with Crippen LogP contribution in [0.2, 0.25) is 17.3 Å². The fourth-order valence-electron chi connectivity index (χ4n) is 7.80. The first-order chi connectivity index (χ1) is 27.9. The quantitative estimate of drug-likeness (QED) is 0.118. The van der Waals surface area contributed by atoms with Gasteiger partial charge in [-0.3, -0.25) is 4.98 Å². The summed E-state index contributed by atoms with van der Waals surface area (Å²) in [7, 11) is 0. The van der Waals surface area contributed by atoms with Crippen molar-refractivity contribution >= 4 is 50.8 Å². The standard InChI is InChI=1S/C34H26N3O.C18H24GeN.Ir/c1-34(2,3)27-21-23(22-11-5-4-6-12-22)18-19-29(27)37-30-17-8-7-16-28(30)36-32(37)26-14-9-13-24-25-15-10-20-35-33(25)38-31(24)26;1-14(2)11-16-12-18(15-9-7-6-8-10-15)20-13-17(16)19(3,4)5;/h4-13,15-21H,1-3H3;6-9,12-14H,11H2,1-5H3;/q2*-1;. The molecule has 0 amide bonds. The minimum atomic E-state index is -1.86. The van der Waals surface area contributed by atoms with Gasteiger partial charge in [0, 0.05) is 37.4 Å². The zero-order valence-electron chi connectivity index (χ0n) is 35.1. The van der Waals surface area contributed by atoms with Crippen LogP contribution in [-0.4, -0.2) is 32.8 Å². The van der Waals surface area contributed by atoms with Gasteiger partial charge in [-0.1, -0.05) is 80.3 Å². The molecule has 1 radical (unpaired) electrons. The predicted molar refractivity (Wildman–Crippen MR) is 245 cm³/mol. The van der Waals surface area contributed by atoms with Gasteiger partial charge in [0.25, 0.3) is 0 Å². The van der Waals surface area contributed by atoms with E-state index in [1.807, 2.05) is 48.5 Å². The third kappa shape index (κ3) is 8.77. The summed E-state index contributed by atoms with van der Waals surface area (Å²) >= 11 is -1.86. The van der Waals surface area contributed by atoms with Crippen molar-refractivity contribution in [1.29, 1.82) is 0 Å². The van der Waals surface area contributed by atoms with Crippen LogP contribution in [0.25, 0.3) is 72.6 Å². The molecule has 9 aromatic rings. The van der Waals surface area contributed by atoms with Gasteiger partial charge in [-0.05, 0) is 58.5 Å². The molecule has 59 heavy (non-hydrogen) atoms. The van der Waals surface area contributed by atoms with Gasteiger partial charge in [0.1, 0.15) is 0 Å². The molecule has 0 unspecified atom stereocenters. The molecule has 9 rings (SSSR count). The van der Waals surface area contributed by atoms with Gasteiger partial charge in [-0.15, -0.1) is 18.2 Å². The molecule has 0 aliphatic carbocycles. The van der Waals surface area contributed by atoms with Gasteiger partial charge in [0.15, 0.2) is 0 Å². The Balaban J connectivity index is 0.000000214. The summed E-state index contributed by atoms with van der Waals surface area (Å²) < 4.78 is 10.1. The summed E-state index contributed by atoms with van der Waals surface area (Å²) in [5.41, 5.74) is 12.4. The molecule has 5 nitrogen and oxygen atoms in total. The van der Waals surface area contributed by atoms with Gasteiger partial charge in [-0.2, -0.15) is 0 Å². The molecular formula is C52H50GeIrN4O-2. The smallest absolute Gasteiger partial charge is 0 e. The monoisotopic (exact) mass is 1010 g/mol.